The Morgan fingerprint density at radius 1 is 1.16 bits per heavy atom. The molecule has 0 aliphatic carbocycles. The SMILES string of the molecule is CN(Cc1cc(Cl)ccc1F)c1ccc(CN)cc1. The van der Waals surface area contributed by atoms with E-state index in [1.54, 1.807) is 12.1 Å². The number of hydrogen-bond acceptors (Lipinski definition) is 2. The van der Waals surface area contributed by atoms with Gasteiger partial charge in [-0.05, 0) is 35.9 Å². The molecule has 100 valence electrons. The second-order valence-corrected chi connectivity index (χ2v) is 4.90. The number of rotatable bonds is 4. The zero-order chi connectivity index (χ0) is 13.8. The molecule has 2 aromatic carbocycles. The van der Waals surface area contributed by atoms with Crippen LogP contribution in [0.3, 0.4) is 0 Å². The van der Waals surface area contributed by atoms with E-state index >= 15 is 0 Å². The van der Waals surface area contributed by atoms with Gasteiger partial charge >= 0.3 is 0 Å². The molecule has 2 N–H and O–H groups in total. The van der Waals surface area contributed by atoms with Crippen molar-refractivity contribution in [3.8, 4) is 0 Å². The first-order valence-corrected chi connectivity index (χ1v) is 6.42. The topological polar surface area (TPSA) is 29.3 Å². The number of anilines is 1. The summed E-state index contributed by atoms with van der Waals surface area (Å²) in [5.41, 5.74) is 8.23. The van der Waals surface area contributed by atoms with Crippen LogP contribution in [0, 0.1) is 5.82 Å². The first kappa shape index (κ1) is 13.8. The Labute approximate surface area is 117 Å². The minimum atomic E-state index is -0.241. The van der Waals surface area contributed by atoms with E-state index in [9.17, 15) is 4.39 Å². The molecule has 0 radical (unpaired) electrons. The standard InChI is InChI=1S/C15H16ClFN2/c1-19(14-5-2-11(9-18)3-6-14)10-12-8-13(16)4-7-15(12)17/h2-8H,9-10,18H2,1H3. The van der Waals surface area contributed by atoms with Gasteiger partial charge in [0.2, 0.25) is 0 Å². The van der Waals surface area contributed by atoms with Gasteiger partial charge in [0.1, 0.15) is 5.82 Å². The van der Waals surface area contributed by atoms with Gasteiger partial charge in [0, 0.05) is 36.4 Å². The number of nitrogens with zero attached hydrogens (tertiary/aromatic N) is 1. The molecule has 0 aromatic heterocycles. The first-order chi connectivity index (χ1) is 9.10. The Balaban J connectivity index is 2.15. The van der Waals surface area contributed by atoms with Crippen molar-refractivity contribution in [3.63, 3.8) is 0 Å². The van der Waals surface area contributed by atoms with E-state index in [-0.39, 0.29) is 5.82 Å². The van der Waals surface area contributed by atoms with Crippen LogP contribution in [0.1, 0.15) is 11.1 Å². The van der Waals surface area contributed by atoms with Crippen molar-refractivity contribution < 1.29 is 4.39 Å². The van der Waals surface area contributed by atoms with Gasteiger partial charge in [-0.3, -0.25) is 0 Å². The second-order valence-electron chi connectivity index (χ2n) is 4.46. The summed E-state index contributed by atoms with van der Waals surface area (Å²) in [4.78, 5) is 1.97. The van der Waals surface area contributed by atoms with Crippen LogP contribution in [0.5, 0.6) is 0 Å². The third-order valence-electron chi connectivity index (χ3n) is 3.03. The van der Waals surface area contributed by atoms with Crippen LogP contribution >= 0.6 is 11.6 Å². The molecule has 4 heteroatoms. The van der Waals surface area contributed by atoms with Crippen molar-refractivity contribution in [2.24, 2.45) is 5.73 Å². The third kappa shape index (κ3) is 3.46. The van der Waals surface area contributed by atoms with Gasteiger partial charge in [-0.25, -0.2) is 4.39 Å². The molecule has 0 saturated carbocycles. The lowest BCUT2D eigenvalue weighted by Gasteiger charge is -2.20. The summed E-state index contributed by atoms with van der Waals surface area (Å²) in [6.07, 6.45) is 0. The second kappa shape index (κ2) is 6.04. The minimum absolute atomic E-state index is 0.241. The molecule has 0 unspecified atom stereocenters. The number of hydrogen-bond donors (Lipinski definition) is 1. The lowest BCUT2D eigenvalue weighted by molar-refractivity contribution is 0.608. The maximum absolute atomic E-state index is 13.7. The molecule has 0 bridgehead atoms. The zero-order valence-electron chi connectivity index (χ0n) is 10.7. The molecule has 19 heavy (non-hydrogen) atoms. The number of nitrogens with two attached hydrogens (primary N) is 1. The van der Waals surface area contributed by atoms with Gasteiger partial charge in [-0.2, -0.15) is 0 Å². The van der Waals surface area contributed by atoms with Crippen LogP contribution < -0.4 is 10.6 Å². The van der Waals surface area contributed by atoms with Crippen LogP contribution in [-0.4, -0.2) is 7.05 Å². The maximum atomic E-state index is 13.7. The van der Waals surface area contributed by atoms with Crippen molar-refractivity contribution in [1.82, 2.24) is 0 Å². The van der Waals surface area contributed by atoms with Gasteiger partial charge < -0.3 is 10.6 Å². The molecule has 0 saturated heterocycles. The van der Waals surface area contributed by atoms with Gasteiger partial charge in [0.05, 0.1) is 0 Å². The zero-order valence-corrected chi connectivity index (χ0v) is 11.5. The van der Waals surface area contributed by atoms with E-state index in [4.69, 9.17) is 17.3 Å². The van der Waals surface area contributed by atoms with Crippen LogP contribution in [-0.2, 0) is 13.1 Å². The Morgan fingerprint density at radius 3 is 2.47 bits per heavy atom. The average molecular weight is 279 g/mol. The molecule has 0 amide bonds. The van der Waals surface area contributed by atoms with E-state index in [0.29, 0.717) is 23.7 Å². The highest BCUT2D eigenvalue weighted by Gasteiger charge is 2.07. The molecule has 0 aliphatic rings. The van der Waals surface area contributed by atoms with Crippen LogP contribution in [0.25, 0.3) is 0 Å². The molecular weight excluding hydrogens is 263 g/mol. The molecule has 0 fully saturated rings. The fraction of sp³-hybridized carbons (Fsp3) is 0.200. The molecule has 0 atom stereocenters. The lowest BCUT2D eigenvalue weighted by atomic mass is 10.1. The normalized spacial score (nSPS) is 10.5. The molecule has 0 spiro atoms. The van der Waals surface area contributed by atoms with E-state index in [1.165, 1.54) is 6.07 Å². The highest BCUT2D eigenvalue weighted by Crippen LogP contribution is 2.20. The Morgan fingerprint density at radius 2 is 1.84 bits per heavy atom. The average Bonchev–Trinajstić information content (AvgIpc) is 2.43. The van der Waals surface area contributed by atoms with Crippen molar-refractivity contribution in [2.75, 3.05) is 11.9 Å². The van der Waals surface area contributed by atoms with Crippen molar-refractivity contribution in [3.05, 3.63) is 64.4 Å². The summed E-state index contributed by atoms with van der Waals surface area (Å²) >= 11 is 5.89. The van der Waals surface area contributed by atoms with Crippen molar-refractivity contribution in [2.45, 2.75) is 13.1 Å². The van der Waals surface area contributed by atoms with Gasteiger partial charge in [-0.1, -0.05) is 23.7 Å². The molecular formula is C15H16ClFN2. The molecule has 2 rings (SSSR count). The van der Waals surface area contributed by atoms with E-state index in [2.05, 4.69) is 0 Å². The van der Waals surface area contributed by atoms with E-state index in [1.807, 2.05) is 36.2 Å². The summed E-state index contributed by atoms with van der Waals surface area (Å²) in [5.74, 6) is -0.241. The predicted octanol–water partition coefficient (Wildman–Crippen LogP) is 3.57. The van der Waals surface area contributed by atoms with Crippen LogP contribution in [0.15, 0.2) is 42.5 Å². The third-order valence-corrected chi connectivity index (χ3v) is 3.26. The van der Waals surface area contributed by atoms with Crippen molar-refractivity contribution in [1.29, 1.82) is 0 Å². The summed E-state index contributed by atoms with van der Waals surface area (Å²) < 4.78 is 13.7. The van der Waals surface area contributed by atoms with Gasteiger partial charge in [0.15, 0.2) is 0 Å². The maximum Gasteiger partial charge on any atom is 0.128 e. The quantitative estimate of drug-likeness (QED) is 0.926. The summed E-state index contributed by atoms with van der Waals surface area (Å²) in [6.45, 7) is 0.987. The molecule has 0 heterocycles. The van der Waals surface area contributed by atoms with Crippen LogP contribution in [0.2, 0.25) is 5.02 Å². The van der Waals surface area contributed by atoms with E-state index < -0.39 is 0 Å². The predicted molar refractivity (Wildman–Crippen MR) is 77.9 cm³/mol. The lowest BCUT2D eigenvalue weighted by Crippen LogP contribution is -2.17. The van der Waals surface area contributed by atoms with Gasteiger partial charge in [-0.15, -0.1) is 0 Å². The Hall–Kier alpha value is -1.58. The highest BCUT2D eigenvalue weighted by atomic mass is 35.5. The van der Waals surface area contributed by atoms with Crippen molar-refractivity contribution >= 4 is 17.3 Å². The summed E-state index contributed by atoms with van der Waals surface area (Å²) in [7, 11) is 1.91. The Bertz CT molecular complexity index is 555. The monoisotopic (exact) mass is 278 g/mol. The summed E-state index contributed by atoms with van der Waals surface area (Å²) in [5, 5.41) is 0.545. The first-order valence-electron chi connectivity index (χ1n) is 6.04. The number of halogens is 2. The van der Waals surface area contributed by atoms with Crippen LogP contribution in [0.4, 0.5) is 10.1 Å². The molecule has 2 nitrogen and oxygen atoms in total. The fourth-order valence-electron chi connectivity index (χ4n) is 1.90. The van der Waals surface area contributed by atoms with E-state index in [0.717, 1.165) is 11.3 Å². The molecule has 2 aromatic rings. The largest absolute Gasteiger partial charge is 0.370 e. The number of benzene rings is 2. The summed E-state index contributed by atoms with van der Waals surface area (Å²) in [6, 6.07) is 12.5. The highest BCUT2D eigenvalue weighted by molar-refractivity contribution is 6.30. The van der Waals surface area contributed by atoms with Gasteiger partial charge in [0.25, 0.3) is 0 Å². The Kier molecular flexibility index (Phi) is 4.40. The minimum Gasteiger partial charge on any atom is -0.370 e. The molecule has 0 aliphatic heterocycles. The fourth-order valence-corrected chi connectivity index (χ4v) is 2.09. The smallest absolute Gasteiger partial charge is 0.128 e.